The van der Waals surface area contributed by atoms with Crippen LogP contribution in [0.2, 0.25) is 0 Å². The Kier molecular flexibility index (Phi) is 4.35. The molecule has 0 aromatic carbocycles. The monoisotopic (exact) mass is 200 g/mol. The van der Waals surface area contributed by atoms with Crippen molar-refractivity contribution in [2.24, 2.45) is 0 Å². The van der Waals surface area contributed by atoms with Gasteiger partial charge in [0.15, 0.2) is 0 Å². The molecule has 1 amide bonds. The number of aliphatic hydroxyl groups is 1. The standard InChI is InChI=1S/C10H20N2O2/c1-3-6-12-10(14)5-8-11(12)7-4-9(2)13/h9,13H,3-8H2,1-2H3. The molecule has 14 heavy (non-hydrogen) atoms. The zero-order chi connectivity index (χ0) is 10.6. The number of hydrogen-bond acceptors (Lipinski definition) is 3. The number of hydrogen-bond donors (Lipinski definition) is 1. The molecule has 1 N–H and O–H groups in total. The topological polar surface area (TPSA) is 43.8 Å². The first-order valence-corrected chi connectivity index (χ1v) is 5.38. The fourth-order valence-electron chi connectivity index (χ4n) is 1.68. The lowest BCUT2D eigenvalue weighted by atomic mass is 10.3. The van der Waals surface area contributed by atoms with Crippen molar-refractivity contribution in [3.63, 3.8) is 0 Å². The van der Waals surface area contributed by atoms with E-state index in [1.165, 1.54) is 0 Å². The summed E-state index contributed by atoms with van der Waals surface area (Å²) in [7, 11) is 0. The van der Waals surface area contributed by atoms with E-state index < -0.39 is 0 Å². The number of amides is 1. The van der Waals surface area contributed by atoms with Gasteiger partial charge in [-0.05, 0) is 19.8 Å². The highest BCUT2D eigenvalue weighted by Gasteiger charge is 2.27. The van der Waals surface area contributed by atoms with Crippen LogP contribution >= 0.6 is 0 Å². The number of hydrazine groups is 1. The van der Waals surface area contributed by atoms with Crippen molar-refractivity contribution >= 4 is 5.91 Å². The summed E-state index contributed by atoms with van der Waals surface area (Å²) in [5.41, 5.74) is 0. The van der Waals surface area contributed by atoms with Crippen molar-refractivity contribution in [3.8, 4) is 0 Å². The van der Waals surface area contributed by atoms with E-state index in [2.05, 4.69) is 11.9 Å². The summed E-state index contributed by atoms with van der Waals surface area (Å²) in [6.45, 7) is 6.24. The number of aliphatic hydroxyl groups excluding tert-OH is 1. The van der Waals surface area contributed by atoms with Gasteiger partial charge in [0, 0.05) is 26.1 Å². The molecule has 1 unspecified atom stereocenters. The molecule has 4 heteroatoms. The first-order chi connectivity index (χ1) is 6.65. The van der Waals surface area contributed by atoms with E-state index in [9.17, 15) is 4.79 Å². The SMILES string of the molecule is CCCN1C(=O)CCN1CCC(C)O. The Morgan fingerprint density at radius 2 is 2.21 bits per heavy atom. The molecule has 0 bridgehead atoms. The predicted molar refractivity (Wildman–Crippen MR) is 54.5 cm³/mol. The largest absolute Gasteiger partial charge is 0.393 e. The zero-order valence-corrected chi connectivity index (χ0v) is 9.07. The maximum Gasteiger partial charge on any atom is 0.238 e. The Bertz CT molecular complexity index is 195. The van der Waals surface area contributed by atoms with E-state index in [1.54, 1.807) is 6.92 Å². The Morgan fingerprint density at radius 1 is 1.50 bits per heavy atom. The lowest BCUT2D eigenvalue weighted by molar-refractivity contribution is -0.138. The third-order valence-corrected chi connectivity index (χ3v) is 2.45. The first-order valence-electron chi connectivity index (χ1n) is 5.38. The molecule has 0 saturated carbocycles. The van der Waals surface area contributed by atoms with Crippen LogP contribution in [0.15, 0.2) is 0 Å². The van der Waals surface area contributed by atoms with Gasteiger partial charge in [0.25, 0.3) is 0 Å². The van der Waals surface area contributed by atoms with Crippen LogP contribution in [0.4, 0.5) is 0 Å². The number of rotatable bonds is 5. The molecule has 0 radical (unpaired) electrons. The fraction of sp³-hybridized carbons (Fsp3) is 0.900. The zero-order valence-electron chi connectivity index (χ0n) is 9.07. The van der Waals surface area contributed by atoms with Gasteiger partial charge in [-0.1, -0.05) is 6.92 Å². The number of carbonyl (C=O) groups is 1. The molecule has 0 aromatic rings. The molecule has 1 heterocycles. The van der Waals surface area contributed by atoms with E-state index in [0.717, 1.165) is 32.5 Å². The van der Waals surface area contributed by atoms with Crippen molar-refractivity contribution in [2.75, 3.05) is 19.6 Å². The summed E-state index contributed by atoms with van der Waals surface area (Å²) in [6.07, 6.45) is 2.05. The predicted octanol–water partition coefficient (Wildman–Crippen LogP) is 0.617. The second-order valence-corrected chi connectivity index (χ2v) is 3.86. The van der Waals surface area contributed by atoms with Crippen LogP contribution < -0.4 is 0 Å². The van der Waals surface area contributed by atoms with E-state index in [-0.39, 0.29) is 12.0 Å². The molecule has 0 aromatic heterocycles. The van der Waals surface area contributed by atoms with Crippen LogP contribution in [-0.2, 0) is 4.79 Å². The Balaban J connectivity index is 2.39. The summed E-state index contributed by atoms with van der Waals surface area (Å²) < 4.78 is 0. The fourth-order valence-corrected chi connectivity index (χ4v) is 1.68. The first kappa shape index (κ1) is 11.5. The second-order valence-electron chi connectivity index (χ2n) is 3.86. The summed E-state index contributed by atoms with van der Waals surface area (Å²) in [5.74, 6) is 0.220. The van der Waals surface area contributed by atoms with Crippen molar-refractivity contribution in [2.45, 2.75) is 39.2 Å². The Labute approximate surface area is 85.5 Å². The van der Waals surface area contributed by atoms with E-state index >= 15 is 0 Å². The molecule has 1 saturated heterocycles. The maximum absolute atomic E-state index is 11.4. The van der Waals surface area contributed by atoms with Crippen molar-refractivity contribution in [3.05, 3.63) is 0 Å². The van der Waals surface area contributed by atoms with E-state index in [1.807, 2.05) is 5.01 Å². The van der Waals surface area contributed by atoms with Gasteiger partial charge in [-0.3, -0.25) is 9.80 Å². The maximum atomic E-state index is 11.4. The van der Waals surface area contributed by atoms with Gasteiger partial charge in [-0.15, -0.1) is 0 Å². The molecule has 1 rings (SSSR count). The Morgan fingerprint density at radius 3 is 2.79 bits per heavy atom. The van der Waals surface area contributed by atoms with Crippen LogP contribution in [0, 0.1) is 0 Å². The highest BCUT2D eigenvalue weighted by Crippen LogP contribution is 2.13. The lowest BCUT2D eigenvalue weighted by Crippen LogP contribution is -2.40. The average molecular weight is 200 g/mol. The van der Waals surface area contributed by atoms with Crippen LogP contribution in [0.5, 0.6) is 0 Å². The molecule has 0 aliphatic carbocycles. The van der Waals surface area contributed by atoms with Crippen LogP contribution in [0.25, 0.3) is 0 Å². The minimum absolute atomic E-state index is 0.220. The summed E-state index contributed by atoms with van der Waals surface area (Å²) in [6, 6.07) is 0. The highest BCUT2D eigenvalue weighted by atomic mass is 16.3. The number of nitrogens with zero attached hydrogens (tertiary/aromatic N) is 2. The summed E-state index contributed by atoms with van der Waals surface area (Å²) in [4.78, 5) is 11.4. The molecule has 1 aliphatic rings. The van der Waals surface area contributed by atoms with Gasteiger partial charge < -0.3 is 5.11 Å². The average Bonchev–Trinajstić information content (AvgIpc) is 2.46. The molecule has 1 atom stereocenters. The molecular weight excluding hydrogens is 180 g/mol. The van der Waals surface area contributed by atoms with Gasteiger partial charge in [-0.25, -0.2) is 5.01 Å². The summed E-state index contributed by atoms with van der Waals surface area (Å²) in [5, 5.41) is 13.0. The van der Waals surface area contributed by atoms with Gasteiger partial charge in [0.1, 0.15) is 0 Å². The van der Waals surface area contributed by atoms with Gasteiger partial charge in [-0.2, -0.15) is 0 Å². The number of carbonyl (C=O) groups excluding carboxylic acids is 1. The third kappa shape index (κ3) is 2.96. The molecule has 4 nitrogen and oxygen atoms in total. The highest BCUT2D eigenvalue weighted by molar-refractivity contribution is 5.77. The van der Waals surface area contributed by atoms with E-state index in [4.69, 9.17) is 5.11 Å². The molecule has 82 valence electrons. The smallest absolute Gasteiger partial charge is 0.238 e. The van der Waals surface area contributed by atoms with Crippen molar-refractivity contribution < 1.29 is 9.90 Å². The second kappa shape index (κ2) is 5.32. The van der Waals surface area contributed by atoms with Gasteiger partial charge >= 0.3 is 0 Å². The Hall–Kier alpha value is -0.610. The molecular formula is C10H20N2O2. The van der Waals surface area contributed by atoms with Crippen molar-refractivity contribution in [1.82, 2.24) is 10.0 Å². The van der Waals surface area contributed by atoms with Gasteiger partial charge in [0.2, 0.25) is 5.91 Å². The summed E-state index contributed by atoms with van der Waals surface area (Å²) >= 11 is 0. The van der Waals surface area contributed by atoms with E-state index in [0.29, 0.717) is 6.42 Å². The van der Waals surface area contributed by atoms with Gasteiger partial charge in [0.05, 0.1) is 6.10 Å². The van der Waals surface area contributed by atoms with Crippen LogP contribution in [0.3, 0.4) is 0 Å². The minimum atomic E-state index is -0.283. The lowest BCUT2D eigenvalue weighted by Gasteiger charge is -2.27. The van der Waals surface area contributed by atoms with Crippen molar-refractivity contribution in [1.29, 1.82) is 0 Å². The molecule has 0 spiro atoms. The normalized spacial score (nSPS) is 20.5. The quantitative estimate of drug-likeness (QED) is 0.707. The molecule has 1 fully saturated rings. The minimum Gasteiger partial charge on any atom is -0.393 e. The van der Waals surface area contributed by atoms with Crippen LogP contribution in [-0.4, -0.2) is 46.8 Å². The third-order valence-electron chi connectivity index (χ3n) is 2.45. The van der Waals surface area contributed by atoms with Crippen LogP contribution in [0.1, 0.15) is 33.1 Å². The molecule has 1 aliphatic heterocycles.